The van der Waals surface area contributed by atoms with E-state index in [0.717, 1.165) is 4.90 Å². The lowest BCUT2D eigenvalue weighted by Crippen LogP contribution is -2.41. The van der Waals surface area contributed by atoms with Gasteiger partial charge in [-0.05, 0) is 20.8 Å². The van der Waals surface area contributed by atoms with Gasteiger partial charge in [0.25, 0.3) is 0 Å². The van der Waals surface area contributed by atoms with Crippen LogP contribution in [0.3, 0.4) is 0 Å². The second-order valence-corrected chi connectivity index (χ2v) is 4.38. The number of nitrogens with one attached hydrogen (secondary N) is 1. The molecule has 0 aromatic rings. The monoisotopic (exact) mass is 200 g/mol. The molecule has 1 atom stereocenters. The van der Waals surface area contributed by atoms with Crippen molar-refractivity contribution in [2.75, 3.05) is 7.05 Å². The van der Waals surface area contributed by atoms with Crippen molar-refractivity contribution in [2.24, 2.45) is 0 Å². The molecule has 0 bridgehead atoms. The van der Waals surface area contributed by atoms with Gasteiger partial charge in [0, 0.05) is 7.05 Å². The molecule has 1 N–H and O–H groups in total. The first-order chi connectivity index (χ1) is 6.31. The minimum atomic E-state index is -0.535. The fraction of sp³-hybridized carbons (Fsp3) is 0.778. The number of likely N-dealkylation sites (tertiary alicyclic amines) is 1. The molecule has 5 heteroatoms. The Bertz CT molecular complexity index is 257. The van der Waals surface area contributed by atoms with Gasteiger partial charge in [0.15, 0.2) is 0 Å². The fourth-order valence-corrected chi connectivity index (χ4v) is 1.10. The van der Waals surface area contributed by atoms with Crippen LogP contribution in [0.5, 0.6) is 0 Å². The Hall–Kier alpha value is -0.940. The summed E-state index contributed by atoms with van der Waals surface area (Å²) in [5.74, 6) is -0.413. The average Bonchev–Trinajstić information content (AvgIpc) is 2.28. The Morgan fingerprint density at radius 1 is 1.43 bits per heavy atom. The summed E-state index contributed by atoms with van der Waals surface area (Å²) < 4.78 is 0. The van der Waals surface area contributed by atoms with Crippen molar-refractivity contribution in [1.29, 1.82) is 0 Å². The average molecular weight is 200 g/mol. The maximum absolute atomic E-state index is 11.4. The van der Waals surface area contributed by atoms with Crippen molar-refractivity contribution in [2.45, 2.75) is 38.8 Å². The van der Waals surface area contributed by atoms with Crippen LogP contribution in [0.1, 0.15) is 27.2 Å². The SMILES string of the molecule is CN1C(=O)CC(NOC(C)(C)C)C1=O. The second kappa shape index (κ2) is 3.67. The lowest BCUT2D eigenvalue weighted by molar-refractivity contribution is -0.140. The Labute approximate surface area is 83.4 Å². The van der Waals surface area contributed by atoms with Crippen molar-refractivity contribution in [3.63, 3.8) is 0 Å². The van der Waals surface area contributed by atoms with Gasteiger partial charge in [-0.15, -0.1) is 0 Å². The highest BCUT2D eigenvalue weighted by molar-refractivity contribution is 6.05. The third-order valence-corrected chi connectivity index (χ3v) is 1.89. The zero-order valence-corrected chi connectivity index (χ0v) is 8.96. The largest absolute Gasteiger partial charge is 0.295 e. The maximum atomic E-state index is 11.4. The zero-order chi connectivity index (χ0) is 10.9. The van der Waals surface area contributed by atoms with E-state index in [-0.39, 0.29) is 23.8 Å². The molecule has 80 valence electrons. The van der Waals surface area contributed by atoms with Crippen molar-refractivity contribution in [3.05, 3.63) is 0 Å². The quantitative estimate of drug-likeness (QED) is 0.506. The van der Waals surface area contributed by atoms with E-state index >= 15 is 0 Å². The molecule has 0 spiro atoms. The second-order valence-electron chi connectivity index (χ2n) is 4.38. The number of likely N-dealkylation sites (N-methyl/N-ethyl adjacent to an activating group) is 1. The van der Waals surface area contributed by atoms with Crippen LogP contribution in [-0.4, -0.2) is 35.4 Å². The zero-order valence-electron chi connectivity index (χ0n) is 8.96. The fourth-order valence-electron chi connectivity index (χ4n) is 1.10. The molecule has 14 heavy (non-hydrogen) atoms. The normalized spacial score (nSPS) is 23.4. The lowest BCUT2D eigenvalue weighted by Gasteiger charge is -2.21. The summed E-state index contributed by atoms with van der Waals surface area (Å²) in [5, 5.41) is 0. The smallest absolute Gasteiger partial charge is 0.248 e. The minimum Gasteiger partial charge on any atom is -0.295 e. The van der Waals surface area contributed by atoms with Crippen molar-refractivity contribution >= 4 is 11.8 Å². The topological polar surface area (TPSA) is 58.6 Å². The van der Waals surface area contributed by atoms with Gasteiger partial charge in [0.05, 0.1) is 12.0 Å². The van der Waals surface area contributed by atoms with Crippen LogP contribution in [0, 0.1) is 0 Å². The molecule has 1 rings (SSSR count). The summed E-state index contributed by atoms with van der Waals surface area (Å²) in [7, 11) is 1.48. The van der Waals surface area contributed by atoms with Gasteiger partial charge in [0.1, 0.15) is 6.04 Å². The molecule has 1 fully saturated rings. The van der Waals surface area contributed by atoms with Gasteiger partial charge < -0.3 is 0 Å². The van der Waals surface area contributed by atoms with Crippen LogP contribution < -0.4 is 5.48 Å². The summed E-state index contributed by atoms with van der Waals surface area (Å²) in [6.45, 7) is 5.60. The molecular weight excluding hydrogens is 184 g/mol. The lowest BCUT2D eigenvalue weighted by atomic mass is 10.2. The van der Waals surface area contributed by atoms with E-state index in [1.165, 1.54) is 7.05 Å². The number of nitrogens with zero attached hydrogens (tertiary/aromatic N) is 1. The number of rotatable bonds is 2. The summed E-state index contributed by atoms with van der Waals surface area (Å²) in [4.78, 5) is 28.9. The Morgan fingerprint density at radius 2 is 2.00 bits per heavy atom. The van der Waals surface area contributed by atoms with Crippen molar-refractivity contribution in [3.8, 4) is 0 Å². The van der Waals surface area contributed by atoms with E-state index in [1.54, 1.807) is 0 Å². The van der Waals surface area contributed by atoms with Gasteiger partial charge >= 0.3 is 0 Å². The van der Waals surface area contributed by atoms with E-state index in [9.17, 15) is 9.59 Å². The summed E-state index contributed by atoms with van der Waals surface area (Å²) in [6, 6.07) is -0.535. The van der Waals surface area contributed by atoms with E-state index < -0.39 is 6.04 Å². The molecule has 1 unspecified atom stereocenters. The van der Waals surface area contributed by atoms with Gasteiger partial charge in [-0.1, -0.05) is 0 Å². The number of amides is 2. The highest BCUT2D eigenvalue weighted by Crippen LogP contribution is 2.12. The predicted molar refractivity (Wildman–Crippen MR) is 50.2 cm³/mol. The van der Waals surface area contributed by atoms with Gasteiger partial charge in [-0.3, -0.25) is 19.3 Å². The van der Waals surface area contributed by atoms with Crippen molar-refractivity contribution in [1.82, 2.24) is 10.4 Å². The molecule has 0 saturated carbocycles. The van der Waals surface area contributed by atoms with Gasteiger partial charge in [0.2, 0.25) is 11.8 Å². The van der Waals surface area contributed by atoms with Crippen LogP contribution >= 0.6 is 0 Å². The van der Waals surface area contributed by atoms with E-state index in [4.69, 9.17) is 4.84 Å². The maximum Gasteiger partial charge on any atom is 0.248 e. The summed E-state index contributed by atoms with van der Waals surface area (Å²) in [5.41, 5.74) is 2.25. The van der Waals surface area contributed by atoms with Gasteiger partial charge in [-0.2, -0.15) is 5.48 Å². The highest BCUT2D eigenvalue weighted by Gasteiger charge is 2.36. The first-order valence-electron chi connectivity index (χ1n) is 4.55. The first-order valence-corrected chi connectivity index (χ1v) is 4.55. The molecule has 1 aliphatic heterocycles. The molecule has 5 nitrogen and oxygen atoms in total. The van der Waals surface area contributed by atoms with Crippen LogP contribution in [0.15, 0.2) is 0 Å². The third-order valence-electron chi connectivity index (χ3n) is 1.89. The van der Waals surface area contributed by atoms with E-state index in [1.807, 2.05) is 20.8 Å². The Morgan fingerprint density at radius 3 is 2.36 bits per heavy atom. The van der Waals surface area contributed by atoms with E-state index in [2.05, 4.69) is 5.48 Å². The molecular formula is C9H16N2O3. The van der Waals surface area contributed by atoms with Crippen LogP contribution in [0.2, 0.25) is 0 Å². The summed E-state index contributed by atoms with van der Waals surface area (Å²) >= 11 is 0. The third kappa shape index (κ3) is 2.52. The Balaban J connectivity index is 2.48. The highest BCUT2D eigenvalue weighted by atomic mass is 16.7. The number of carbonyl (C=O) groups excluding carboxylic acids is 2. The molecule has 1 aliphatic rings. The minimum absolute atomic E-state index is 0.172. The predicted octanol–water partition coefficient (Wildman–Crippen LogP) is 0.0634. The standard InChI is InChI=1S/C9H16N2O3/c1-9(2,3)14-10-6-5-7(12)11(4)8(6)13/h6,10H,5H2,1-4H3. The molecule has 1 saturated heterocycles. The molecule has 1 heterocycles. The first kappa shape index (κ1) is 11.1. The number of hydrogen-bond donors (Lipinski definition) is 1. The van der Waals surface area contributed by atoms with Crippen LogP contribution in [0.4, 0.5) is 0 Å². The molecule has 0 aromatic heterocycles. The molecule has 0 aromatic carbocycles. The van der Waals surface area contributed by atoms with E-state index in [0.29, 0.717) is 0 Å². The number of imide groups is 1. The van der Waals surface area contributed by atoms with Gasteiger partial charge in [-0.25, -0.2) is 0 Å². The van der Waals surface area contributed by atoms with Crippen LogP contribution in [-0.2, 0) is 14.4 Å². The molecule has 2 amide bonds. The van der Waals surface area contributed by atoms with Crippen molar-refractivity contribution < 1.29 is 14.4 Å². The summed E-state index contributed by atoms with van der Waals surface area (Å²) in [6.07, 6.45) is 0.172. The number of carbonyl (C=O) groups is 2. The van der Waals surface area contributed by atoms with Crippen LogP contribution in [0.25, 0.3) is 0 Å². The number of hydroxylamine groups is 1. The molecule has 0 radical (unpaired) electrons. The Kier molecular flexibility index (Phi) is 2.92. The number of hydrogen-bond acceptors (Lipinski definition) is 4. The molecule has 0 aliphatic carbocycles.